The van der Waals surface area contributed by atoms with Gasteiger partial charge in [-0.25, -0.2) is 0 Å². The fourth-order valence-electron chi connectivity index (χ4n) is 2.02. The van der Waals surface area contributed by atoms with Crippen molar-refractivity contribution in [1.82, 2.24) is 15.0 Å². The molecule has 1 aliphatic carbocycles. The lowest BCUT2D eigenvalue weighted by Crippen LogP contribution is -2.29. The van der Waals surface area contributed by atoms with Crippen LogP contribution in [0.3, 0.4) is 0 Å². The molecule has 1 aromatic rings. The molecule has 0 saturated heterocycles. The van der Waals surface area contributed by atoms with E-state index in [0.717, 1.165) is 32.2 Å². The van der Waals surface area contributed by atoms with Gasteiger partial charge in [-0.1, -0.05) is 0 Å². The first-order valence-corrected chi connectivity index (χ1v) is 7.69. The van der Waals surface area contributed by atoms with Gasteiger partial charge in [-0.3, -0.25) is 0 Å². The van der Waals surface area contributed by atoms with Gasteiger partial charge >= 0.3 is 0 Å². The number of ether oxygens (including phenoxy) is 1. The average molecular weight is 294 g/mol. The van der Waals surface area contributed by atoms with Crippen LogP contribution in [0.25, 0.3) is 0 Å². The Kier molecular flexibility index (Phi) is 5.55. The number of anilines is 3. The van der Waals surface area contributed by atoms with Gasteiger partial charge in [0.1, 0.15) is 0 Å². The van der Waals surface area contributed by atoms with Crippen molar-refractivity contribution >= 4 is 17.8 Å². The van der Waals surface area contributed by atoms with Crippen LogP contribution in [-0.4, -0.2) is 54.8 Å². The van der Waals surface area contributed by atoms with Gasteiger partial charge in [0.05, 0.1) is 6.61 Å². The molecule has 1 aliphatic rings. The van der Waals surface area contributed by atoms with Crippen LogP contribution in [0.5, 0.6) is 0 Å². The van der Waals surface area contributed by atoms with Gasteiger partial charge in [0.2, 0.25) is 17.8 Å². The molecule has 0 radical (unpaired) electrons. The fourth-order valence-corrected chi connectivity index (χ4v) is 2.02. The molecule has 0 bridgehead atoms. The Labute approximate surface area is 126 Å². The highest BCUT2D eigenvalue weighted by Gasteiger charge is 2.21. The number of hydrogen-bond donors (Lipinski definition) is 1. The summed E-state index contributed by atoms with van der Waals surface area (Å²) >= 11 is 0. The van der Waals surface area contributed by atoms with Gasteiger partial charge in [0.25, 0.3) is 0 Å². The molecule has 0 aromatic carbocycles. The van der Waals surface area contributed by atoms with E-state index in [4.69, 9.17) is 10.5 Å². The monoisotopic (exact) mass is 294 g/mol. The molecular weight excluding hydrogens is 268 g/mol. The molecule has 2 N–H and O–H groups in total. The Morgan fingerprint density at radius 1 is 1.14 bits per heavy atom. The molecule has 1 fully saturated rings. The number of rotatable bonds is 9. The second-order valence-corrected chi connectivity index (χ2v) is 5.41. The van der Waals surface area contributed by atoms with E-state index in [9.17, 15) is 0 Å². The summed E-state index contributed by atoms with van der Waals surface area (Å²) in [6.45, 7) is 8.11. The summed E-state index contributed by atoms with van der Waals surface area (Å²) < 4.78 is 5.65. The van der Waals surface area contributed by atoms with E-state index in [2.05, 4.69) is 33.7 Å². The quantitative estimate of drug-likeness (QED) is 0.684. The van der Waals surface area contributed by atoms with E-state index in [1.807, 2.05) is 11.9 Å². The van der Waals surface area contributed by atoms with Crippen LogP contribution in [0.4, 0.5) is 17.8 Å². The molecule has 1 saturated carbocycles. The van der Waals surface area contributed by atoms with E-state index in [1.54, 1.807) is 0 Å². The summed E-state index contributed by atoms with van der Waals surface area (Å²) in [7, 11) is 1.95. The van der Waals surface area contributed by atoms with E-state index < -0.39 is 0 Å². The van der Waals surface area contributed by atoms with Crippen LogP contribution in [0, 0.1) is 5.92 Å². The van der Waals surface area contributed by atoms with Gasteiger partial charge in [-0.15, -0.1) is 0 Å². The van der Waals surface area contributed by atoms with Crippen molar-refractivity contribution in [3.05, 3.63) is 0 Å². The topological polar surface area (TPSA) is 80.4 Å². The van der Waals surface area contributed by atoms with E-state index in [0.29, 0.717) is 18.5 Å². The minimum Gasteiger partial charge on any atom is -0.379 e. The van der Waals surface area contributed by atoms with Crippen molar-refractivity contribution in [3.8, 4) is 0 Å². The Bertz CT molecular complexity index is 447. The van der Waals surface area contributed by atoms with Crippen LogP contribution >= 0.6 is 0 Å². The van der Waals surface area contributed by atoms with Crippen LogP contribution < -0.4 is 15.5 Å². The fraction of sp³-hybridized carbons (Fsp3) is 0.786. The molecule has 21 heavy (non-hydrogen) atoms. The van der Waals surface area contributed by atoms with Crippen LogP contribution in [0.15, 0.2) is 0 Å². The lowest BCUT2D eigenvalue weighted by atomic mass is 10.5. The Morgan fingerprint density at radius 2 is 1.81 bits per heavy atom. The standard InChI is InChI=1S/C14H26N6O/c1-4-20(5-2)14-17-12(15)16-13(18-14)19(3)8-9-21-10-11-6-7-11/h11H,4-10H2,1-3H3,(H2,15,16,17,18). The highest BCUT2D eigenvalue weighted by molar-refractivity contribution is 5.42. The largest absolute Gasteiger partial charge is 0.379 e. The zero-order valence-corrected chi connectivity index (χ0v) is 13.2. The zero-order chi connectivity index (χ0) is 15.2. The maximum atomic E-state index is 5.80. The number of likely N-dealkylation sites (N-methyl/N-ethyl adjacent to an activating group) is 1. The van der Waals surface area contributed by atoms with Crippen LogP contribution in [0.2, 0.25) is 0 Å². The molecular formula is C14H26N6O. The molecule has 118 valence electrons. The van der Waals surface area contributed by atoms with Crippen molar-refractivity contribution in [2.45, 2.75) is 26.7 Å². The van der Waals surface area contributed by atoms with Gasteiger partial charge < -0.3 is 20.3 Å². The van der Waals surface area contributed by atoms with Crippen molar-refractivity contribution in [2.75, 3.05) is 55.4 Å². The Balaban J connectivity index is 1.93. The molecule has 0 spiro atoms. The Morgan fingerprint density at radius 3 is 2.43 bits per heavy atom. The maximum Gasteiger partial charge on any atom is 0.231 e. The first-order valence-electron chi connectivity index (χ1n) is 7.69. The molecule has 1 aromatic heterocycles. The van der Waals surface area contributed by atoms with Crippen molar-refractivity contribution < 1.29 is 4.74 Å². The minimum atomic E-state index is 0.257. The molecule has 2 rings (SSSR count). The predicted octanol–water partition coefficient (Wildman–Crippen LogP) is 1.16. The third kappa shape index (κ3) is 4.70. The first kappa shape index (κ1) is 15.8. The van der Waals surface area contributed by atoms with Crippen molar-refractivity contribution in [1.29, 1.82) is 0 Å². The number of aromatic nitrogens is 3. The lowest BCUT2D eigenvalue weighted by Gasteiger charge is -2.22. The molecule has 0 unspecified atom stereocenters. The van der Waals surface area contributed by atoms with Crippen LogP contribution in [0.1, 0.15) is 26.7 Å². The van der Waals surface area contributed by atoms with Gasteiger partial charge in [0, 0.05) is 33.3 Å². The van der Waals surface area contributed by atoms with E-state index >= 15 is 0 Å². The second-order valence-electron chi connectivity index (χ2n) is 5.41. The number of hydrogen-bond acceptors (Lipinski definition) is 7. The van der Waals surface area contributed by atoms with Crippen LogP contribution in [-0.2, 0) is 4.74 Å². The number of nitrogens with two attached hydrogens (primary N) is 1. The lowest BCUT2D eigenvalue weighted by molar-refractivity contribution is 0.130. The third-order valence-corrected chi connectivity index (χ3v) is 3.64. The highest BCUT2D eigenvalue weighted by atomic mass is 16.5. The van der Waals surface area contributed by atoms with Gasteiger partial charge in [0.15, 0.2) is 0 Å². The first-order chi connectivity index (χ1) is 10.1. The SMILES string of the molecule is CCN(CC)c1nc(N)nc(N(C)CCOCC2CC2)n1. The third-order valence-electron chi connectivity index (χ3n) is 3.64. The number of nitrogen functional groups attached to an aromatic ring is 1. The molecule has 0 amide bonds. The molecule has 7 heteroatoms. The normalized spacial score (nSPS) is 14.2. The van der Waals surface area contributed by atoms with E-state index in [-0.39, 0.29) is 5.95 Å². The maximum absolute atomic E-state index is 5.80. The summed E-state index contributed by atoms with van der Waals surface area (Å²) in [5, 5.41) is 0. The molecule has 7 nitrogen and oxygen atoms in total. The summed E-state index contributed by atoms with van der Waals surface area (Å²) in [5.41, 5.74) is 5.80. The zero-order valence-electron chi connectivity index (χ0n) is 13.2. The summed E-state index contributed by atoms with van der Waals surface area (Å²) in [4.78, 5) is 16.9. The van der Waals surface area contributed by atoms with Gasteiger partial charge in [-0.05, 0) is 32.6 Å². The molecule has 1 heterocycles. The van der Waals surface area contributed by atoms with E-state index in [1.165, 1.54) is 12.8 Å². The van der Waals surface area contributed by atoms with Gasteiger partial charge in [-0.2, -0.15) is 15.0 Å². The minimum absolute atomic E-state index is 0.257. The number of nitrogens with zero attached hydrogens (tertiary/aromatic N) is 5. The Hall–Kier alpha value is -1.63. The summed E-state index contributed by atoms with van der Waals surface area (Å²) in [6, 6.07) is 0. The molecule has 0 atom stereocenters. The van der Waals surface area contributed by atoms with Crippen molar-refractivity contribution in [2.24, 2.45) is 5.92 Å². The highest BCUT2D eigenvalue weighted by Crippen LogP contribution is 2.28. The molecule has 0 aliphatic heterocycles. The summed E-state index contributed by atoms with van der Waals surface area (Å²) in [6.07, 6.45) is 2.63. The predicted molar refractivity (Wildman–Crippen MR) is 84.6 cm³/mol. The summed E-state index contributed by atoms with van der Waals surface area (Å²) in [5.74, 6) is 2.28. The van der Waals surface area contributed by atoms with Crippen molar-refractivity contribution in [3.63, 3.8) is 0 Å². The second kappa shape index (κ2) is 7.40. The smallest absolute Gasteiger partial charge is 0.231 e. The average Bonchev–Trinajstić information content (AvgIpc) is 3.28.